The first kappa shape index (κ1) is 14.7. The zero-order chi connectivity index (χ0) is 14.0. The fourth-order valence-electron chi connectivity index (χ4n) is 1.53. The van der Waals surface area contributed by atoms with Crippen molar-refractivity contribution in [1.82, 2.24) is 0 Å². The van der Waals surface area contributed by atoms with E-state index in [-0.39, 0.29) is 11.7 Å². The molecule has 1 aromatic heterocycles. The van der Waals surface area contributed by atoms with Crippen molar-refractivity contribution in [2.75, 3.05) is 5.32 Å². The summed E-state index contributed by atoms with van der Waals surface area (Å²) in [6, 6.07) is 4.49. The van der Waals surface area contributed by atoms with Crippen LogP contribution in [0, 0.1) is 5.82 Å². The number of thiophene rings is 1. The highest BCUT2D eigenvalue weighted by Crippen LogP contribution is 2.32. The van der Waals surface area contributed by atoms with Crippen LogP contribution < -0.4 is 5.32 Å². The van der Waals surface area contributed by atoms with E-state index in [2.05, 4.69) is 37.2 Å². The van der Waals surface area contributed by atoms with Gasteiger partial charge in [-0.2, -0.15) is 0 Å². The second-order valence-corrected chi connectivity index (χ2v) is 6.56. The van der Waals surface area contributed by atoms with Gasteiger partial charge in [0.2, 0.25) is 0 Å². The minimum absolute atomic E-state index is 0.205. The van der Waals surface area contributed by atoms with E-state index >= 15 is 0 Å². The molecule has 0 saturated carbocycles. The second kappa shape index (κ2) is 6.15. The van der Waals surface area contributed by atoms with Gasteiger partial charge in [0.05, 0.1) is 11.3 Å². The first-order valence-electron chi connectivity index (χ1n) is 5.54. The number of carbonyl (C=O) groups is 1. The van der Waals surface area contributed by atoms with Crippen LogP contribution in [0.3, 0.4) is 0 Å². The Morgan fingerprint density at radius 3 is 2.47 bits per heavy atom. The van der Waals surface area contributed by atoms with Gasteiger partial charge in [0.15, 0.2) is 0 Å². The Balaban J connectivity index is 2.24. The Kier molecular flexibility index (Phi) is 4.76. The van der Waals surface area contributed by atoms with Gasteiger partial charge in [-0.1, -0.05) is 6.92 Å². The van der Waals surface area contributed by atoms with E-state index in [1.165, 1.54) is 12.1 Å². The lowest BCUT2D eigenvalue weighted by Gasteiger charge is -2.09. The molecule has 0 aliphatic carbocycles. The summed E-state index contributed by atoms with van der Waals surface area (Å²) in [6.45, 7) is 2.04. The molecule has 0 fully saturated rings. The SMILES string of the molecule is CCc1cc(C(=O)Nc2c(Br)cc(F)cc2Br)cs1. The molecule has 0 aliphatic heterocycles. The van der Waals surface area contributed by atoms with Crippen LogP contribution in [0.25, 0.3) is 0 Å². The fourth-order valence-corrected chi connectivity index (χ4v) is 3.68. The summed E-state index contributed by atoms with van der Waals surface area (Å²) in [7, 11) is 0. The number of hydrogen-bond acceptors (Lipinski definition) is 2. The third kappa shape index (κ3) is 3.43. The summed E-state index contributed by atoms with van der Waals surface area (Å²) in [5.74, 6) is -0.579. The molecular formula is C13H10Br2FNOS. The first-order chi connectivity index (χ1) is 9.01. The van der Waals surface area contributed by atoms with Crippen molar-refractivity contribution < 1.29 is 9.18 Å². The van der Waals surface area contributed by atoms with Crippen molar-refractivity contribution >= 4 is 54.8 Å². The standard InChI is InChI=1S/C13H10Br2FNOS/c1-2-9-3-7(6-19-9)13(18)17-12-10(14)4-8(16)5-11(12)15/h3-6H,2H2,1H3,(H,17,18). The van der Waals surface area contributed by atoms with Crippen LogP contribution in [0.5, 0.6) is 0 Å². The molecule has 0 radical (unpaired) electrons. The number of aryl methyl sites for hydroxylation is 1. The smallest absolute Gasteiger partial charge is 0.256 e. The lowest BCUT2D eigenvalue weighted by Crippen LogP contribution is -2.12. The second-order valence-electron chi connectivity index (χ2n) is 3.85. The Morgan fingerprint density at radius 1 is 1.32 bits per heavy atom. The van der Waals surface area contributed by atoms with Gasteiger partial charge in [-0.05, 0) is 56.5 Å². The number of rotatable bonds is 3. The lowest BCUT2D eigenvalue weighted by atomic mass is 10.2. The van der Waals surface area contributed by atoms with E-state index in [1.807, 2.05) is 18.4 Å². The van der Waals surface area contributed by atoms with Crippen molar-refractivity contribution in [3.63, 3.8) is 0 Å². The lowest BCUT2D eigenvalue weighted by molar-refractivity contribution is 0.102. The van der Waals surface area contributed by atoms with Crippen LogP contribution in [0.4, 0.5) is 10.1 Å². The third-order valence-corrected chi connectivity index (χ3v) is 4.84. The summed E-state index contributed by atoms with van der Waals surface area (Å²) in [6.07, 6.45) is 0.905. The minimum Gasteiger partial charge on any atom is -0.320 e. The Hall–Kier alpha value is -0.720. The van der Waals surface area contributed by atoms with Gasteiger partial charge in [-0.25, -0.2) is 4.39 Å². The Morgan fingerprint density at radius 2 is 1.95 bits per heavy atom. The zero-order valence-corrected chi connectivity index (χ0v) is 14.0. The molecule has 1 aromatic carbocycles. The number of benzene rings is 1. The van der Waals surface area contributed by atoms with Crippen LogP contribution in [-0.2, 0) is 6.42 Å². The van der Waals surface area contributed by atoms with E-state index in [0.717, 1.165) is 11.3 Å². The molecule has 6 heteroatoms. The summed E-state index contributed by atoms with van der Waals surface area (Å²) in [5, 5.41) is 4.59. The number of nitrogens with one attached hydrogen (secondary N) is 1. The van der Waals surface area contributed by atoms with Crippen molar-refractivity contribution in [3.8, 4) is 0 Å². The van der Waals surface area contributed by atoms with E-state index in [0.29, 0.717) is 20.2 Å². The van der Waals surface area contributed by atoms with Crippen molar-refractivity contribution in [1.29, 1.82) is 0 Å². The Bertz CT molecular complexity index is 604. The maximum absolute atomic E-state index is 13.1. The van der Waals surface area contributed by atoms with Gasteiger partial charge in [-0.3, -0.25) is 4.79 Å². The van der Waals surface area contributed by atoms with Gasteiger partial charge in [0, 0.05) is 19.2 Å². The minimum atomic E-state index is -0.374. The van der Waals surface area contributed by atoms with Gasteiger partial charge in [0.1, 0.15) is 5.82 Å². The maximum atomic E-state index is 13.1. The first-order valence-corrected chi connectivity index (χ1v) is 8.01. The molecule has 0 spiro atoms. The van der Waals surface area contributed by atoms with Gasteiger partial charge >= 0.3 is 0 Å². The normalized spacial score (nSPS) is 10.5. The van der Waals surface area contributed by atoms with Crippen molar-refractivity contribution in [3.05, 3.63) is 48.8 Å². The molecule has 0 unspecified atom stereocenters. The number of halogens is 3. The van der Waals surface area contributed by atoms with Crippen molar-refractivity contribution in [2.45, 2.75) is 13.3 Å². The molecular weight excluding hydrogens is 397 g/mol. The highest BCUT2D eigenvalue weighted by molar-refractivity contribution is 9.11. The predicted octanol–water partition coefficient (Wildman–Crippen LogP) is 5.23. The molecule has 2 aromatic rings. The highest BCUT2D eigenvalue weighted by atomic mass is 79.9. The summed E-state index contributed by atoms with van der Waals surface area (Å²) >= 11 is 8.03. The monoisotopic (exact) mass is 405 g/mol. The predicted molar refractivity (Wildman–Crippen MR) is 83.5 cm³/mol. The van der Waals surface area contributed by atoms with Crippen LogP contribution in [-0.4, -0.2) is 5.91 Å². The number of anilines is 1. The summed E-state index contributed by atoms with van der Waals surface area (Å²) < 4.78 is 14.1. The van der Waals surface area contributed by atoms with Gasteiger partial charge in [0.25, 0.3) is 5.91 Å². The van der Waals surface area contributed by atoms with Gasteiger partial charge < -0.3 is 5.32 Å². The van der Waals surface area contributed by atoms with Crippen molar-refractivity contribution in [2.24, 2.45) is 0 Å². The van der Waals surface area contributed by atoms with Crippen LogP contribution in [0.2, 0.25) is 0 Å². The molecule has 0 atom stereocenters. The summed E-state index contributed by atoms with van der Waals surface area (Å²) in [4.78, 5) is 13.2. The van der Waals surface area contributed by atoms with Crippen LogP contribution >= 0.6 is 43.2 Å². The fraction of sp³-hybridized carbons (Fsp3) is 0.154. The molecule has 100 valence electrons. The number of hydrogen-bond donors (Lipinski definition) is 1. The molecule has 1 amide bonds. The van der Waals surface area contributed by atoms with Gasteiger partial charge in [-0.15, -0.1) is 11.3 Å². The topological polar surface area (TPSA) is 29.1 Å². The van der Waals surface area contributed by atoms with E-state index < -0.39 is 0 Å². The van der Waals surface area contributed by atoms with E-state index in [1.54, 1.807) is 11.3 Å². The average molecular weight is 407 g/mol. The maximum Gasteiger partial charge on any atom is 0.256 e. The molecule has 1 heterocycles. The van der Waals surface area contributed by atoms with E-state index in [9.17, 15) is 9.18 Å². The average Bonchev–Trinajstić information content (AvgIpc) is 2.82. The molecule has 1 N–H and O–H groups in total. The Labute approximate surface area is 131 Å². The molecule has 0 bridgehead atoms. The van der Waals surface area contributed by atoms with Crippen LogP contribution in [0.15, 0.2) is 32.5 Å². The molecule has 19 heavy (non-hydrogen) atoms. The number of amides is 1. The molecule has 0 aliphatic rings. The zero-order valence-electron chi connectivity index (χ0n) is 9.97. The molecule has 0 saturated heterocycles. The largest absolute Gasteiger partial charge is 0.320 e. The summed E-state index contributed by atoms with van der Waals surface area (Å²) in [5.41, 5.74) is 1.14. The quantitative estimate of drug-likeness (QED) is 0.743. The number of carbonyl (C=O) groups excluding carboxylic acids is 1. The van der Waals surface area contributed by atoms with E-state index in [4.69, 9.17) is 0 Å². The van der Waals surface area contributed by atoms with Crippen LogP contribution in [0.1, 0.15) is 22.2 Å². The third-order valence-electron chi connectivity index (χ3n) is 2.51. The highest BCUT2D eigenvalue weighted by Gasteiger charge is 2.13. The molecule has 2 rings (SSSR count). The molecule has 2 nitrogen and oxygen atoms in total.